The van der Waals surface area contributed by atoms with Crippen molar-refractivity contribution in [3.63, 3.8) is 0 Å². The summed E-state index contributed by atoms with van der Waals surface area (Å²) in [6.07, 6.45) is -0.177. The average molecular weight is 292 g/mol. The zero-order valence-corrected chi connectivity index (χ0v) is 12.0. The molecule has 0 saturated carbocycles. The number of Topliss-reactive ketones (excluding diaryl/α,β-unsaturated/α-hetero) is 3. The van der Waals surface area contributed by atoms with Gasteiger partial charge in [-0.25, -0.2) is 0 Å². The largest absolute Gasteiger partial charge is 0.507 e. The Kier molecular flexibility index (Phi) is 3.59. The lowest BCUT2D eigenvalue weighted by molar-refractivity contribution is -0.119. The number of rotatable bonds is 3. The molecule has 112 valence electrons. The van der Waals surface area contributed by atoms with Gasteiger partial charge in [0.2, 0.25) is 0 Å². The van der Waals surface area contributed by atoms with Gasteiger partial charge in [0.25, 0.3) is 0 Å². The third-order valence-corrected chi connectivity index (χ3v) is 3.98. The van der Waals surface area contributed by atoms with Crippen molar-refractivity contribution in [2.75, 3.05) is 7.11 Å². The molecule has 2 unspecified atom stereocenters. The zero-order chi connectivity index (χ0) is 15.9. The van der Waals surface area contributed by atoms with Crippen molar-refractivity contribution < 1.29 is 29.3 Å². The first-order chi connectivity index (χ1) is 9.74. The topological polar surface area (TPSA) is 101 Å². The minimum atomic E-state index is -1.55. The highest BCUT2D eigenvalue weighted by Crippen LogP contribution is 2.43. The van der Waals surface area contributed by atoms with Crippen LogP contribution in [0.3, 0.4) is 0 Å². The van der Waals surface area contributed by atoms with E-state index in [2.05, 4.69) is 0 Å². The summed E-state index contributed by atoms with van der Waals surface area (Å²) in [5.74, 6) is -3.31. The van der Waals surface area contributed by atoms with Crippen LogP contribution in [0, 0.1) is 5.92 Å². The molecule has 0 spiro atoms. The Balaban J connectivity index is 2.74. The quantitative estimate of drug-likeness (QED) is 0.818. The molecule has 0 aromatic heterocycles. The van der Waals surface area contributed by atoms with E-state index in [9.17, 15) is 24.6 Å². The smallest absolute Gasteiger partial charge is 0.199 e. The van der Waals surface area contributed by atoms with E-state index < -0.39 is 34.6 Å². The molecule has 0 saturated heterocycles. The maximum atomic E-state index is 12.6. The summed E-state index contributed by atoms with van der Waals surface area (Å²) in [6, 6.07) is 2.28. The molecule has 1 aromatic carbocycles. The van der Waals surface area contributed by atoms with Gasteiger partial charge in [0, 0.05) is 13.5 Å². The number of hydrogen-bond acceptors (Lipinski definition) is 6. The minimum Gasteiger partial charge on any atom is -0.507 e. The van der Waals surface area contributed by atoms with Crippen LogP contribution in [0.4, 0.5) is 0 Å². The highest BCUT2D eigenvalue weighted by Gasteiger charge is 2.53. The van der Waals surface area contributed by atoms with Crippen molar-refractivity contribution in [3.05, 3.63) is 23.3 Å². The molecule has 6 nitrogen and oxygen atoms in total. The van der Waals surface area contributed by atoms with Gasteiger partial charge in [-0.3, -0.25) is 9.59 Å². The average Bonchev–Trinajstić information content (AvgIpc) is 2.43. The number of aromatic hydroxyl groups is 2. The first-order valence-corrected chi connectivity index (χ1v) is 6.42. The van der Waals surface area contributed by atoms with Gasteiger partial charge in [0.05, 0.1) is 17.0 Å². The van der Waals surface area contributed by atoms with E-state index in [-0.39, 0.29) is 23.3 Å². The van der Waals surface area contributed by atoms with Gasteiger partial charge >= 0.3 is 0 Å². The molecule has 2 N–H and O–H groups in total. The predicted octanol–water partition coefficient (Wildman–Crippen LogP) is 1.48. The van der Waals surface area contributed by atoms with Crippen LogP contribution in [-0.2, 0) is 9.53 Å². The third-order valence-electron chi connectivity index (χ3n) is 3.98. The van der Waals surface area contributed by atoms with Gasteiger partial charge in [0.1, 0.15) is 22.9 Å². The summed E-state index contributed by atoms with van der Waals surface area (Å²) in [4.78, 5) is 36.6. The van der Waals surface area contributed by atoms with Crippen molar-refractivity contribution in [2.45, 2.75) is 25.9 Å². The molecule has 0 fully saturated rings. The Morgan fingerprint density at radius 2 is 1.76 bits per heavy atom. The predicted molar refractivity (Wildman–Crippen MR) is 72.6 cm³/mol. The summed E-state index contributed by atoms with van der Waals surface area (Å²) in [5.41, 5.74) is -2.06. The molecule has 1 aromatic rings. The number of ketones is 3. The van der Waals surface area contributed by atoms with Crippen molar-refractivity contribution >= 4 is 17.3 Å². The lowest BCUT2D eigenvalue weighted by Crippen LogP contribution is -2.52. The van der Waals surface area contributed by atoms with Crippen molar-refractivity contribution in [1.29, 1.82) is 0 Å². The van der Waals surface area contributed by atoms with Crippen LogP contribution < -0.4 is 0 Å². The number of methoxy groups -OCH3 is 1. The van der Waals surface area contributed by atoms with Gasteiger partial charge in [-0.05, 0) is 26.0 Å². The minimum absolute atomic E-state index is 0.177. The summed E-state index contributed by atoms with van der Waals surface area (Å²) in [7, 11) is 1.27. The van der Waals surface area contributed by atoms with Gasteiger partial charge in [-0.15, -0.1) is 0 Å². The Labute approximate surface area is 121 Å². The molecule has 2 rings (SSSR count). The number of fused-ring (bicyclic) bond motifs is 1. The van der Waals surface area contributed by atoms with Crippen molar-refractivity contribution in [3.8, 4) is 11.5 Å². The first-order valence-electron chi connectivity index (χ1n) is 6.42. The maximum Gasteiger partial charge on any atom is 0.199 e. The van der Waals surface area contributed by atoms with E-state index in [1.54, 1.807) is 0 Å². The van der Waals surface area contributed by atoms with Crippen LogP contribution >= 0.6 is 0 Å². The third kappa shape index (κ3) is 2.12. The van der Waals surface area contributed by atoms with Gasteiger partial charge in [-0.2, -0.15) is 0 Å². The van der Waals surface area contributed by atoms with Crippen molar-refractivity contribution in [2.24, 2.45) is 5.92 Å². The SMILES string of the molecule is COC1(C)C(=O)c2c(O)ccc(O)c2C(=O)C1CC(C)=O. The van der Waals surface area contributed by atoms with Crippen LogP contribution in [0.15, 0.2) is 12.1 Å². The molecule has 0 aliphatic heterocycles. The number of phenols is 2. The lowest BCUT2D eigenvalue weighted by Gasteiger charge is -2.38. The fraction of sp³-hybridized carbons (Fsp3) is 0.400. The maximum absolute atomic E-state index is 12.6. The number of phenolic OH excluding ortho intramolecular Hbond substituents is 2. The Morgan fingerprint density at radius 1 is 1.24 bits per heavy atom. The number of ether oxygens (including phenoxy) is 1. The highest BCUT2D eigenvalue weighted by atomic mass is 16.5. The molecule has 0 radical (unpaired) electrons. The molecule has 21 heavy (non-hydrogen) atoms. The normalized spacial score (nSPS) is 24.8. The Hall–Kier alpha value is -2.21. The molecule has 6 heteroatoms. The van der Waals surface area contributed by atoms with Gasteiger partial charge in [0.15, 0.2) is 11.6 Å². The Morgan fingerprint density at radius 3 is 2.24 bits per heavy atom. The molecule has 0 heterocycles. The van der Waals surface area contributed by atoms with Crippen LogP contribution in [0.25, 0.3) is 0 Å². The van der Waals surface area contributed by atoms with Crippen LogP contribution in [0.1, 0.15) is 41.0 Å². The summed E-state index contributed by atoms with van der Waals surface area (Å²) < 4.78 is 5.21. The second kappa shape index (κ2) is 4.96. The first kappa shape index (κ1) is 15.2. The van der Waals surface area contributed by atoms with E-state index in [1.165, 1.54) is 21.0 Å². The fourth-order valence-corrected chi connectivity index (χ4v) is 2.70. The molecular weight excluding hydrogens is 276 g/mol. The summed E-state index contributed by atoms with van der Waals surface area (Å²) in [6.45, 7) is 2.72. The summed E-state index contributed by atoms with van der Waals surface area (Å²) >= 11 is 0. The number of hydrogen-bond donors (Lipinski definition) is 2. The molecule has 1 aliphatic rings. The van der Waals surface area contributed by atoms with E-state index in [1.807, 2.05) is 0 Å². The Bertz CT molecular complexity index is 648. The molecule has 0 bridgehead atoms. The number of carbonyl (C=O) groups is 3. The molecular formula is C15H16O6. The molecule has 1 aliphatic carbocycles. The fourth-order valence-electron chi connectivity index (χ4n) is 2.70. The van der Waals surface area contributed by atoms with E-state index >= 15 is 0 Å². The molecule has 0 amide bonds. The summed E-state index contributed by atoms with van der Waals surface area (Å²) in [5, 5.41) is 19.7. The second-order valence-corrected chi connectivity index (χ2v) is 5.32. The van der Waals surface area contributed by atoms with Gasteiger partial charge < -0.3 is 19.7 Å². The lowest BCUT2D eigenvalue weighted by atomic mass is 9.69. The van der Waals surface area contributed by atoms with E-state index in [4.69, 9.17) is 4.74 Å². The van der Waals surface area contributed by atoms with Crippen LogP contribution in [-0.4, -0.2) is 40.3 Å². The second-order valence-electron chi connectivity index (χ2n) is 5.32. The van der Waals surface area contributed by atoms with Crippen LogP contribution in [0.5, 0.6) is 11.5 Å². The monoisotopic (exact) mass is 292 g/mol. The van der Waals surface area contributed by atoms with Crippen LogP contribution in [0.2, 0.25) is 0 Å². The zero-order valence-electron chi connectivity index (χ0n) is 12.0. The standard InChI is InChI=1S/C15H16O6/c1-7(16)6-8-13(19)11-9(17)4-5-10(18)12(11)14(20)15(8,2)21-3/h4-5,8,17-18H,6H2,1-3H3. The van der Waals surface area contributed by atoms with Gasteiger partial charge in [-0.1, -0.05) is 0 Å². The highest BCUT2D eigenvalue weighted by molar-refractivity contribution is 6.21. The number of carbonyl (C=O) groups excluding carboxylic acids is 3. The van der Waals surface area contributed by atoms with E-state index in [0.29, 0.717) is 0 Å². The number of benzene rings is 1. The molecule has 2 atom stereocenters. The van der Waals surface area contributed by atoms with E-state index in [0.717, 1.165) is 12.1 Å². The van der Waals surface area contributed by atoms with Crippen molar-refractivity contribution in [1.82, 2.24) is 0 Å².